The molecule has 0 spiro atoms. The minimum Gasteiger partial charge on any atom is -0.344 e. The van der Waals surface area contributed by atoms with E-state index in [0.29, 0.717) is 0 Å². The molecule has 0 amide bonds. The van der Waals surface area contributed by atoms with Gasteiger partial charge in [-0.25, -0.2) is 0 Å². The lowest BCUT2D eigenvalue weighted by Gasteiger charge is -2.28. The zero-order valence-electron chi connectivity index (χ0n) is 37.6. The molecule has 5 aliphatic rings. The van der Waals surface area contributed by atoms with Crippen LogP contribution in [0.3, 0.4) is 0 Å². The van der Waals surface area contributed by atoms with Crippen LogP contribution in [0.1, 0.15) is 116 Å². The second-order valence-electron chi connectivity index (χ2n) is 19.9. The van der Waals surface area contributed by atoms with Crippen molar-refractivity contribution in [1.82, 2.24) is 0 Å². The number of rotatable bonds is 0. The molecular weight excluding hydrogens is 729 g/mol. The van der Waals surface area contributed by atoms with Gasteiger partial charge in [-0.1, -0.05) is 113 Å². The molecule has 0 saturated heterocycles. The summed E-state index contributed by atoms with van der Waals surface area (Å²) in [5.74, 6) is 0. The molecule has 0 unspecified atom stereocenters. The lowest BCUT2D eigenvalue weighted by Crippen LogP contribution is -2.29. The molecule has 0 radical (unpaired) electrons. The summed E-state index contributed by atoms with van der Waals surface area (Å²) in [5, 5.41) is 0. The van der Waals surface area contributed by atoms with Crippen LogP contribution in [0.4, 0.5) is 22.7 Å². The van der Waals surface area contributed by atoms with E-state index >= 15 is 0 Å². The van der Waals surface area contributed by atoms with Crippen molar-refractivity contribution in [2.24, 2.45) is 0 Å². The van der Waals surface area contributed by atoms with Crippen LogP contribution in [0.25, 0.3) is 0 Å². The summed E-state index contributed by atoms with van der Waals surface area (Å²) in [5.41, 5.74) is 16.4. The molecule has 4 nitrogen and oxygen atoms in total. The highest BCUT2D eigenvalue weighted by Crippen LogP contribution is 2.50. The molecule has 0 atom stereocenters. The van der Waals surface area contributed by atoms with Crippen LogP contribution in [0.2, 0.25) is 0 Å². The Kier molecular flexibility index (Phi) is 10.3. The van der Waals surface area contributed by atoms with Gasteiger partial charge in [-0.15, -0.1) is 0 Å². The van der Waals surface area contributed by atoms with Gasteiger partial charge in [-0.3, -0.25) is 0 Å². The fourth-order valence-corrected chi connectivity index (χ4v) is 11.4. The molecule has 5 heterocycles. The molecule has 4 aromatic rings. The monoisotopic (exact) mass is 795 g/mol. The van der Waals surface area contributed by atoms with Crippen molar-refractivity contribution in [2.45, 2.75) is 116 Å². The Bertz CT molecular complexity index is 2340. The summed E-state index contributed by atoms with van der Waals surface area (Å²) >= 11 is 0. The number of anilines is 2. The van der Waals surface area contributed by atoms with Crippen LogP contribution in [0.5, 0.6) is 0 Å². The summed E-state index contributed by atoms with van der Waals surface area (Å²) in [4.78, 5) is 5.26. The fourth-order valence-electron chi connectivity index (χ4n) is 11.4. The number of para-hydroxylation sites is 4. The van der Waals surface area contributed by atoms with Crippen molar-refractivity contribution in [3.8, 4) is 0 Å². The van der Waals surface area contributed by atoms with Gasteiger partial charge in [-0.05, 0) is 88.8 Å². The van der Waals surface area contributed by atoms with Crippen LogP contribution in [0.15, 0.2) is 145 Å². The topological polar surface area (TPSA) is 12.5 Å². The first-order valence-corrected chi connectivity index (χ1v) is 22.9. The summed E-state index contributed by atoms with van der Waals surface area (Å²) in [6, 6.07) is 36.4. The number of fused-ring (bicyclic) bond motifs is 10. The SMILES string of the molecule is CC1(C)C2=[N+](CCCCC[N+]3=C(/C=C\C=C4/N(CCCCCN5/C(=C\C=C/2)C(C)(C)c2ccccc25)c2ccccc2C4(C)C)C(C)(C)c2ccccc23)c2ccccc21. The molecule has 5 aliphatic heterocycles. The van der Waals surface area contributed by atoms with Gasteiger partial charge in [0.1, 0.15) is 13.1 Å². The molecule has 0 N–H and O–H groups in total. The Morgan fingerprint density at radius 1 is 0.400 bits per heavy atom. The van der Waals surface area contributed by atoms with E-state index in [9.17, 15) is 0 Å². The summed E-state index contributed by atoms with van der Waals surface area (Å²) in [7, 11) is 0. The largest absolute Gasteiger partial charge is 0.344 e. The van der Waals surface area contributed by atoms with Crippen molar-refractivity contribution in [1.29, 1.82) is 0 Å². The summed E-state index contributed by atoms with van der Waals surface area (Å²) in [6.45, 7) is 23.3. The molecule has 9 rings (SSSR count). The molecule has 4 heteroatoms. The molecule has 0 bridgehead atoms. The van der Waals surface area contributed by atoms with E-state index in [0.717, 1.165) is 51.9 Å². The van der Waals surface area contributed by atoms with Gasteiger partial charge in [0.2, 0.25) is 11.4 Å². The Morgan fingerprint density at radius 2 is 0.767 bits per heavy atom. The summed E-state index contributed by atoms with van der Waals surface area (Å²) < 4.78 is 5.26. The van der Waals surface area contributed by atoms with E-state index in [-0.39, 0.29) is 21.7 Å². The van der Waals surface area contributed by atoms with E-state index in [1.165, 1.54) is 80.7 Å². The zero-order valence-corrected chi connectivity index (χ0v) is 37.6. The predicted molar refractivity (Wildman–Crippen MR) is 254 cm³/mol. The highest BCUT2D eigenvalue weighted by molar-refractivity contribution is 6.04. The van der Waals surface area contributed by atoms with E-state index < -0.39 is 0 Å². The third kappa shape index (κ3) is 6.57. The van der Waals surface area contributed by atoms with Gasteiger partial charge in [0.05, 0.1) is 10.8 Å². The molecule has 0 aliphatic carbocycles. The first kappa shape index (κ1) is 40.2. The second kappa shape index (κ2) is 15.4. The van der Waals surface area contributed by atoms with Crippen LogP contribution < -0.4 is 9.80 Å². The Labute approximate surface area is 360 Å². The number of hydrogen-bond acceptors (Lipinski definition) is 2. The number of hydrogen-bond donors (Lipinski definition) is 0. The van der Waals surface area contributed by atoms with Gasteiger partial charge in [0.25, 0.3) is 0 Å². The Morgan fingerprint density at radius 3 is 1.20 bits per heavy atom. The molecule has 0 saturated carbocycles. The van der Waals surface area contributed by atoms with Gasteiger partial charge in [0.15, 0.2) is 11.4 Å². The van der Waals surface area contributed by atoms with Gasteiger partial charge in [-0.2, -0.15) is 9.15 Å². The first-order valence-electron chi connectivity index (χ1n) is 22.9. The smallest absolute Gasteiger partial charge is 0.209 e. The second-order valence-corrected chi connectivity index (χ2v) is 19.9. The highest BCUT2D eigenvalue weighted by atomic mass is 15.2. The van der Waals surface area contributed by atoms with E-state index in [1.807, 2.05) is 0 Å². The molecule has 4 aromatic carbocycles. The number of allylic oxidation sites excluding steroid dienone is 8. The lowest BCUT2D eigenvalue weighted by atomic mass is 9.81. The fraction of sp³-hybridized carbons (Fsp3) is 0.393. The normalized spacial score (nSPS) is 24.5. The van der Waals surface area contributed by atoms with Crippen molar-refractivity contribution in [3.05, 3.63) is 167 Å². The van der Waals surface area contributed by atoms with Crippen molar-refractivity contribution < 1.29 is 9.15 Å². The number of nitrogens with zero attached hydrogens (tertiary/aromatic N) is 4. The third-order valence-corrected chi connectivity index (χ3v) is 14.7. The maximum Gasteiger partial charge on any atom is 0.209 e. The minimum atomic E-state index is -0.0785. The van der Waals surface area contributed by atoms with Crippen molar-refractivity contribution >= 4 is 34.2 Å². The lowest BCUT2D eigenvalue weighted by molar-refractivity contribution is -0.443. The Hall–Kier alpha value is -5.22. The van der Waals surface area contributed by atoms with E-state index in [1.54, 1.807) is 0 Å². The average Bonchev–Trinajstić information content (AvgIpc) is 3.77. The highest BCUT2D eigenvalue weighted by Gasteiger charge is 2.46. The predicted octanol–water partition coefficient (Wildman–Crippen LogP) is 13.0. The molecule has 60 heavy (non-hydrogen) atoms. The van der Waals surface area contributed by atoms with Crippen molar-refractivity contribution in [2.75, 3.05) is 36.0 Å². The molecule has 0 aromatic heterocycles. The summed E-state index contributed by atoms with van der Waals surface area (Å²) in [6.07, 6.45) is 21.3. The third-order valence-electron chi connectivity index (χ3n) is 14.7. The van der Waals surface area contributed by atoms with Gasteiger partial charge in [0, 0.05) is 94.9 Å². The Balaban J connectivity index is 1.10. The van der Waals surface area contributed by atoms with Crippen LogP contribution >= 0.6 is 0 Å². The van der Waals surface area contributed by atoms with Crippen LogP contribution in [-0.2, 0) is 21.7 Å². The molecule has 308 valence electrons. The maximum absolute atomic E-state index is 2.63. The van der Waals surface area contributed by atoms with Gasteiger partial charge < -0.3 is 9.80 Å². The minimum absolute atomic E-state index is 0.0785. The first-order chi connectivity index (χ1) is 28.8. The molecular formula is C56H66N4+2. The van der Waals surface area contributed by atoms with E-state index in [2.05, 4.69) is 208 Å². The maximum atomic E-state index is 2.63. The van der Waals surface area contributed by atoms with E-state index in [4.69, 9.17) is 0 Å². The van der Waals surface area contributed by atoms with Gasteiger partial charge >= 0.3 is 0 Å². The van der Waals surface area contributed by atoms with Crippen LogP contribution in [0, 0.1) is 0 Å². The number of benzene rings is 4. The average molecular weight is 795 g/mol. The standard InChI is InChI=1S/C56H66N4/c1-53(2)41-25-11-15-29-45(41)57-37-19-9-20-38-59-47-31-17-13-27-43(47)55(5,6)51(59)35-24-36-52-56(7,8)44-28-14-18-32-48(44)60(52)40-22-10-21-39-58-46-30-16-12-26-42(46)54(3,4)50(58)34-23-33-49(53)57/h11-18,23-36H,9-10,19-22,37-40H2,1-8H3/q+2. The van der Waals surface area contributed by atoms with Crippen molar-refractivity contribution in [3.63, 3.8) is 0 Å². The van der Waals surface area contributed by atoms with Crippen LogP contribution in [-0.4, -0.2) is 46.8 Å². The quantitative estimate of drug-likeness (QED) is 0.164. The zero-order chi connectivity index (χ0) is 41.9. The molecule has 0 fully saturated rings.